The van der Waals surface area contributed by atoms with Gasteiger partial charge in [0.05, 0.1) is 0 Å². The van der Waals surface area contributed by atoms with E-state index in [9.17, 15) is 9.59 Å². The van der Waals surface area contributed by atoms with Gasteiger partial charge in [-0.2, -0.15) is 0 Å². The molecule has 2 aromatic rings. The van der Waals surface area contributed by atoms with Crippen molar-refractivity contribution >= 4 is 11.8 Å². The number of benzene rings is 2. The Morgan fingerprint density at radius 1 is 1.00 bits per heavy atom. The zero-order chi connectivity index (χ0) is 16.0. The fourth-order valence-electron chi connectivity index (χ4n) is 1.96. The number of rotatable bonds is 3. The minimum atomic E-state index is -1.30. The molecule has 0 fully saturated rings. The standard InChI is InChI=1S/C18H16N2O2/c1-18(17(19)22,15-10-6-3-7-11-15)20-16(21)13-12-14-8-4-2-5-9-14/h2-11H,1H3,(H2,19,22)(H,20,21)/t18-/m1/s1. The molecule has 2 amide bonds. The summed E-state index contributed by atoms with van der Waals surface area (Å²) in [6.07, 6.45) is 0. The third-order valence-electron chi connectivity index (χ3n) is 3.30. The highest BCUT2D eigenvalue weighted by molar-refractivity contribution is 5.99. The number of hydrogen-bond donors (Lipinski definition) is 2. The highest BCUT2D eigenvalue weighted by atomic mass is 16.2. The molecular formula is C18H16N2O2. The number of amides is 2. The Bertz CT molecular complexity index is 730. The number of nitrogens with one attached hydrogen (secondary N) is 1. The molecule has 0 aliphatic rings. The molecule has 4 nitrogen and oxygen atoms in total. The van der Waals surface area contributed by atoms with Gasteiger partial charge in [0.2, 0.25) is 5.91 Å². The second-order valence-corrected chi connectivity index (χ2v) is 4.93. The summed E-state index contributed by atoms with van der Waals surface area (Å²) in [6.45, 7) is 1.56. The van der Waals surface area contributed by atoms with E-state index in [0.717, 1.165) is 5.56 Å². The zero-order valence-electron chi connectivity index (χ0n) is 12.2. The van der Waals surface area contributed by atoms with Gasteiger partial charge in [0.25, 0.3) is 5.91 Å². The lowest BCUT2D eigenvalue weighted by molar-refractivity contribution is -0.129. The highest BCUT2D eigenvalue weighted by Gasteiger charge is 2.34. The molecule has 0 aromatic heterocycles. The van der Waals surface area contributed by atoms with E-state index < -0.39 is 17.4 Å². The summed E-state index contributed by atoms with van der Waals surface area (Å²) < 4.78 is 0. The minimum Gasteiger partial charge on any atom is -0.367 e. The predicted octanol–water partition coefficient (Wildman–Crippen LogP) is 1.55. The number of hydrogen-bond acceptors (Lipinski definition) is 2. The first-order valence-corrected chi connectivity index (χ1v) is 6.77. The van der Waals surface area contributed by atoms with Crippen LogP contribution < -0.4 is 11.1 Å². The molecule has 0 bridgehead atoms. The molecule has 0 heterocycles. The van der Waals surface area contributed by atoms with Crippen molar-refractivity contribution in [1.29, 1.82) is 0 Å². The molecule has 0 radical (unpaired) electrons. The van der Waals surface area contributed by atoms with E-state index in [1.165, 1.54) is 0 Å². The maximum absolute atomic E-state index is 12.0. The van der Waals surface area contributed by atoms with Crippen LogP contribution in [0.4, 0.5) is 0 Å². The molecule has 0 spiro atoms. The Labute approximate surface area is 129 Å². The van der Waals surface area contributed by atoms with Crippen molar-refractivity contribution in [2.45, 2.75) is 12.5 Å². The molecule has 3 N–H and O–H groups in total. The van der Waals surface area contributed by atoms with Crippen LogP contribution in [0, 0.1) is 11.8 Å². The van der Waals surface area contributed by atoms with Crippen LogP contribution in [0.25, 0.3) is 0 Å². The summed E-state index contributed by atoms with van der Waals surface area (Å²) >= 11 is 0. The second-order valence-electron chi connectivity index (χ2n) is 4.93. The van der Waals surface area contributed by atoms with E-state index in [1.807, 2.05) is 24.3 Å². The maximum atomic E-state index is 12.0. The predicted molar refractivity (Wildman–Crippen MR) is 84.5 cm³/mol. The molecule has 0 unspecified atom stereocenters. The van der Waals surface area contributed by atoms with Crippen LogP contribution in [0.1, 0.15) is 18.1 Å². The van der Waals surface area contributed by atoms with Crippen LogP contribution >= 0.6 is 0 Å². The molecule has 0 saturated carbocycles. The summed E-state index contributed by atoms with van der Waals surface area (Å²) in [4.78, 5) is 23.8. The van der Waals surface area contributed by atoms with Gasteiger partial charge in [-0.3, -0.25) is 9.59 Å². The highest BCUT2D eigenvalue weighted by Crippen LogP contribution is 2.19. The van der Waals surface area contributed by atoms with Gasteiger partial charge in [-0.15, -0.1) is 0 Å². The molecule has 1 atom stereocenters. The molecule has 110 valence electrons. The van der Waals surface area contributed by atoms with Crippen molar-refractivity contribution in [1.82, 2.24) is 5.32 Å². The Balaban J connectivity index is 2.21. The third kappa shape index (κ3) is 3.53. The molecule has 0 saturated heterocycles. The number of nitrogens with two attached hydrogens (primary N) is 1. The van der Waals surface area contributed by atoms with E-state index in [0.29, 0.717) is 5.56 Å². The molecule has 4 heteroatoms. The van der Waals surface area contributed by atoms with Crippen LogP contribution in [0.2, 0.25) is 0 Å². The summed E-state index contributed by atoms with van der Waals surface area (Å²) in [5, 5.41) is 2.59. The molecule has 2 rings (SSSR count). The largest absolute Gasteiger partial charge is 0.367 e. The quantitative estimate of drug-likeness (QED) is 0.843. The Kier molecular flexibility index (Phi) is 4.60. The first-order valence-electron chi connectivity index (χ1n) is 6.77. The minimum absolute atomic E-state index is 0.561. The van der Waals surface area contributed by atoms with Crippen molar-refractivity contribution in [3.63, 3.8) is 0 Å². The average molecular weight is 292 g/mol. The number of primary amides is 1. The second kappa shape index (κ2) is 6.59. The van der Waals surface area contributed by atoms with Gasteiger partial charge in [-0.25, -0.2) is 0 Å². The summed E-state index contributed by atoms with van der Waals surface area (Å²) in [6, 6.07) is 18.0. The average Bonchev–Trinajstić information content (AvgIpc) is 2.54. The van der Waals surface area contributed by atoms with Crippen molar-refractivity contribution in [2.24, 2.45) is 5.73 Å². The van der Waals surface area contributed by atoms with E-state index in [4.69, 9.17) is 5.73 Å². The van der Waals surface area contributed by atoms with Crippen LogP contribution in [-0.4, -0.2) is 11.8 Å². The smallest absolute Gasteiger partial charge is 0.297 e. The van der Waals surface area contributed by atoms with Crippen molar-refractivity contribution < 1.29 is 9.59 Å². The normalized spacial score (nSPS) is 12.4. The van der Waals surface area contributed by atoms with E-state index in [1.54, 1.807) is 43.3 Å². The third-order valence-corrected chi connectivity index (χ3v) is 3.30. The van der Waals surface area contributed by atoms with E-state index in [2.05, 4.69) is 17.2 Å². The van der Waals surface area contributed by atoms with E-state index in [-0.39, 0.29) is 0 Å². The van der Waals surface area contributed by atoms with Crippen molar-refractivity contribution in [2.75, 3.05) is 0 Å². The lowest BCUT2D eigenvalue weighted by Crippen LogP contribution is -2.52. The first-order chi connectivity index (χ1) is 10.5. The van der Waals surface area contributed by atoms with Crippen LogP contribution in [-0.2, 0) is 15.1 Å². The van der Waals surface area contributed by atoms with Gasteiger partial charge in [0, 0.05) is 11.5 Å². The number of carbonyl (C=O) groups excluding carboxylic acids is 2. The summed E-state index contributed by atoms with van der Waals surface area (Å²) in [5.41, 5.74) is 5.48. The lowest BCUT2D eigenvalue weighted by atomic mass is 9.91. The summed E-state index contributed by atoms with van der Waals surface area (Å²) in [7, 11) is 0. The Hall–Kier alpha value is -3.06. The van der Waals surface area contributed by atoms with Gasteiger partial charge in [0.15, 0.2) is 0 Å². The topological polar surface area (TPSA) is 72.2 Å². The first kappa shape index (κ1) is 15.3. The van der Waals surface area contributed by atoms with Gasteiger partial charge in [0.1, 0.15) is 5.54 Å². The molecule has 2 aromatic carbocycles. The Morgan fingerprint density at radius 2 is 1.55 bits per heavy atom. The SMILES string of the molecule is C[C@](NC(=O)C#Cc1ccccc1)(C(N)=O)c1ccccc1. The van der Waals surface area contributed by atoms with Crippen LogP contribution in [0.3, 0.4) is 0 Å². The van der Waals surface area contributed by atoms with Gasteiger partial charge in [-0.1, -0.05) is 54.5 Å². The summed E-state index contributed by atoms with van der Waals surface area (Å²) in [5.74, 6) is 4.01. The van der Waals surface area contributed by atoms with E-state index >= 15 is 0 Å². The van der Waals surface area contributed by atoms with Gasteiger partial charge in [-0.05, 0) is 24.6 Å². The van der Waals surface area contributed by atoms with Gasteiger partial charge < -0.3 is 11.1 Å². The fraction of sp³-hybridized carbons (Fsp3) is 0.111. The molecule has 0 aliphatic heterocycles. The van der Waals surface area contributed by atoms with Crippen LogP contribution in [0.5, 0.6) is 0 Å². The monoisotopic (exact) mass is 292 g/mol. The van der Waals surface area contributed by atoms with Crippen molar-refractivity contribution in [3.05, 3.63) is 71.8 Å². The van der Waals surface area contributed by atoms with Crippen LogP contribution in [0.15, 0.2) is 60.7 Å². The zero-order valence-corrected chi connectivity index (χ0v) is 12.2. The maximum Gasteiger partial charge on any atom is 0.297 e. The molecular weight excluding hydrogens is 276 g/mol. The Morgan fingerprint density at radius 3 is 2.09 bits per heavy atom. The number of carbonyl (C=O) groups is 2. The fourth-order valence-corrected chi connectivity index (χ4v) is 1.96. The molecule has 0 aliphatic carbocycles. The van der Waals surface area contributed by atoms with Gasteiger partial charge >= 0.3 is 0 Å². The molecule has 22 heavy (non-hydrogen) atoms. The van der Waals surface area contributed by atoms with Crippen molar-refractivity contribution in [3.8, 4) is 11.8 Å². The lowest BCUT2D eigenvalue weighted by Gasteiger charge is -2.26.